The second-order valence-electron chi connectivity index (χ2n) is 9.50. The van der Waals surface area contributed by atoms with E-state index in [1.54, 1.807) is 20.8 Å². The van der Waals surface area contributed by atoms with Gasteiger partial charge in [-0.05, 0) is 34.8 Å². The van der Waals surface area contributed by atoms with Crippen molar-refractivity contribution in [3.63, 3.8) is 0 Å². The molecule has 0 atom stereocenters. The van der Waals surface area contributed by atoms with Crippen molar-refractivity contribution in [3.8, 4) is 0 Å². The zero-order valence-electron chi connectivity index (χ0n) is 20.3. The minimum Gasteiger partial charge on any atom is -0.308 e. The van der Waals surface area contributed by atoms with Crippen LogP contribution in [0.15, 0.2) is 91.0 Å². The first-order valence-electron chi connectivity index (χ1n) is 10.9. The lowest BCUT2D eigenvalue weighted by atomic mass is 9.84. The molecular weight excluding hydrogens is 513 g/mol. The highest BCUT2D eigenvalue weighted by Crippen LogP contribution is 2.43. The highest BCUT2D eigenvalue weighted by Gasteiger charge is 2.53. The molecule has 0 aliphatic heterocycles. The highest BCUT2D eigenvalue weighted by atomic mass is 35.5. The van der Waals surface area contributed by atoms with Gasteiger partial charge in [0.05, 0.1) is 0 Å². The first-order valence-corrected chi connectivity index (χ1v) is 15.6. The summed E-state index contributed by atoms with van der Waals surface area (Å²) in [6.45, 7) is 7.86. The van der Waals surface area contributed by atoms with E-state index in [4.69, 9.17) is 11.6 Å². The molecule has 3 aromatic carbocycles. The molecule has 0 N–H and O–H groups in total. The Morgan fingerprint density at radius 2 is 0.971 bits per heavy atom. The van der Waals surface area contributed by atoms with E-state index in [2.05, 4.69) is 40.3 Å². The molecule has 0 aliphatic rings. The predicted octanol–water partition coefficient (Wildman–Crippen LogP) is 8.08. The molecule has 0 saturated carbocycles. The summed E-state index contributed by atoms with van der Waals surface area (Å²) >= 11 is 7.12. The van der Waals surface area contributed by atoms with Gasteiger partial charge in [-0.1, -0.05) is 112 Å². The fourth-order valence-corrected chi connectivity index (χ4v) is 6.90. The summed E-state index contributed by atoms with van der Waals surface area (Å²) in [5.41, 5.74) is -2.10. The lowest BCUT2D eigenvalue weighted by Crippen LogP contribution is -2.45. The summed E-state index contributed by atoms with van der Waals surface area (Å²) in [5.74, 6) is 0. The smallest absolute Gasteiger partial charge is 0.308 e. The van der Waals surface area contributed by atoms with Crippen molar-refractivity contribution in [2.24, 2.45) is 0 Å². The average molecular weight is 543 g/mol. The average Bonchev–Trinajstić information content (AvgIpc) is 2.78. The van der Waals surface area contributed by atoms with Gasteiger partial charge in [-0.15, -0.1) is 11.6 Å². The number of alkyl halides is 4. The summed E-state index contributed by atoms with van der Waals surface area (Å²) in [6.07, 6.45) is 0. The molecule has 9 heteroatoms. The maximum atomic E-state index is 12.1. The van der Waals surface area contributed by atoms with Crippen molar-refractivity contribution < 1.29 is 25.5 Å². The quantitative estimate of drug-likeness (QED) is 0.142. The lowest BCUT2D eigenvalue weighted by Gasteiger charge is -2.35. The van der Waals surface area contributed by atoms with Crippen LogP contribution in [0.1, 0.15) is 37.5 Å². The molecule has 3 aromatic rings. The molecule has 0 unspecified atom stereocenters. The normalized spacial score (nSPS) is 13.1. The third-order valence-electron chi connectivity index (χ3n) is 5.92. The first kappa shape index (κ1) is 29.1. The van der Waals surface area contributed by atoms with E-state index in [-0.39, 0.29) is 0 Å². The van der Waals surface area contributed by atoms with Crippen LogP contribution in [0.2, 0.25) is 18.1 Å². The third kappa shape index (κ3) is 6.97. The Morgan fingerprint density at radius 1 is 0.686 bits per heavy atom. The Labute approximate surface area is 212 Å². The summed E-state index contributed by atoms with van der Waals surface area (Å²) in [6, 6.07) is 30.6. The van der Waals surface area contributed by atoms with E-state index in [1.165, 1.54) is 13.1 Å². The molecule has 0 amide bonds. The molecule has 0 aliphatic carbocycles. The van der Waals surface area contributed by atoms with E-state index in [1.807, 2.05) is 54.6 Å². The van der Waals surface area contributed by atoms with Gasteiger partial charge in [0.15, 0.2) is 0 Å². The van der Waals surface area contributed by atoms with Crippen molar-refractivity contribution >= 4 is 30.0 Å². The first-order chi connectivity index (χ1) is 16.0. The van der Waals surface area contributed by atoms with Crippen LogP contribution in [0, 0.1) is 0 Å². The van der Waals surface area contributed by atoms with E-state index in [0.717, 1.165) is 16.7 Å². The van der Waals surface area contributed by atoms with Crippen LogP contribution in [-0.2, 0) is 18.9 Å². The molecular formula is C26H30ClF3O3SSi. The van der Waals surface area contributed by atoms with Gasteiger partial charge in [-0.2, -0.15) is 21.6 Å². The molecule has 3 nitrogen and oxygen atoms in total. The Balaban J connectivity index is 0.000000260. The molecule has 0 radical (unpaired) electrons. The van der Waals surface area contributed by atoms with Gasteiger partial charge in [-0.3, -0.25) is 0 Å². The summed E-state index contributed by atoms with van der Waals surface area (Å²) in [4.78, 5) is -0.649. The van der Waals surface area contributed by atoms with Crippen molar-refractivity contribution in [1.82, 2.24) is 0 Å². The molecule has 0 fully saturated rings. The van der Waals surface area contributed by atoms with Crippen LogP contribution in [0.5, 0.6) is 0 Å². The largest absolute Gasteiger partial charge is 0.522 e. The van der Waals surface area contributed by atoms with Crippen molar-refractivity contribution in [2.75, 3.05) is 0 Å². The maximum Gasteiger partial charge on any atom is 0.522 e. The van der Waals surface area contributed by atoms with Gasteiger partial charge in [0.2, 0.25) is 8.32 Å². The van der Waals surface area contributed by atoms with Crippen molar-refractivity contribution in [3.05, 3.63) is 108 Å². The van der Waals surface area contributed by atoms with E-state index < -0.39 is 33.9 Å². The van der Waals surface area contributed by atoms with E-state index in [9.17, 15) is 21.6 Å². The lowest BCUT2D eigenvalue weighted by molar-refractivity contribution is -0.0504. The van der Waals surface area contributed by atoms with Crippen molar-refractivity contribution in [2.45, 2.75) is 49.3 Å². The Bertz CT molecular complexity index is 1080. The number of hydrogen-bond acceptors (Lipinski definition) is 3. The molecule has 35 heavy (non-hydrogen) atoms. The van der Waals surface area contributed by atoms with E-state index >= 15 is 0 Å². The van der Waals surface area contributed by atoms with E-state index in [0.29, 0.717) is 0 Å². The minimum absolute atomic E-state index is 0.592. The van der Waals surface area contributed by atoms with Gasteiger partial charge < -0.3 is 3.87 Å². The number of hydrogen-bond donors (Lipinski definition) is 0. The van der Waals surface area contributed by atoms with Gasteiger partial charge in [0, 0.05) is 0 Å². The summed E-state index contributed by atoms with van der Waals surface area (Å²) < 4.78 is 62.1. The second kappa shape index (κ2) is 10.9. The zero-order valence-corrected chi connectivity index (χ0v) is 22.9. The SMILES string of the molecule is CC(C)(C)[Si](C)(C)OS(=O)(=O)C(F)(F)F.ClC(c1ccccc1)(c1ccccc1)c1ccccc1. The highest BCUT2D eigenvalue weighted by molar-refractivity contribution is 7.88. The third-order valence-corrected chi connectivity index (χ3v) is 13.3. The Kier molecular flexibility index (Phi) is 9.03. The van der Waals surface area contributed by atoms with Crippen LogP contribution in [0.4, 0.5) is 13.2 Å². The number of benzene rings is 3. The summed E-state index contributed by atoms with van der Waals surface area (Å²) in [5, 5.41) is -0.592. The molecule has 0 bridgehead atoms. The van der Waals surface area contributed by atoms with Gasteiger partial charge >= 0.3 is 15.6 Å². The van der Waals surface area contributed by atoms with Gasteiger partial charge in [-0.25, -0.2) is 0 Å². The van der Waals surface area contributed by atoms with Crippen LogP contribution in [0.3, 0.4) is 0 Å². The molecule has 0 spiro atoms. The second-order valence-corrected chi connectivity index (χ2v) is 16.6. The van der Waals surface area contributed by atoms with Crippen LogP contribution < -0.4 is 0 Å². The topological polar surface area (TPSA) is 43.4 Å². The number of halogens is 4. The minimum atomic E-state index is -5.48. The van der Waals surface area contributed by atoms with Gasteiger partial charge in [0.25, 0.3) is 0 Å². The van der Waals surface area contributed by atoms with Crippen LogP contribution >= 0.6 is 11.6 Å². The number of rotatable bonds is 5. The monoisotopic (exact) mass is 542 g/mol. The Morgan fingerprint density at radius 3 is 1.20 bits per heavy atom. The zero-order chi connectivity index (χ0) is 26.5. The molecule has 0 aromatic heterocycles. The molecule has 0 heterocycles. The van der Waals surface area contributed by atoms with Gasteiger partial charge in [0.1, 0.15) is 4.87 Å². The molecule has 3 rings (SSSR count). The Hall–Kier alpha value is -2.13. The summed E-state index contributed by atoms with van der Waals surface area (Å²) in [7, 11) is -8.43. The predicted molar refractivity (Wildman–Crippen MR) is 138 cm³/mol. The molecule has 0 saturated heterocycles. The van der Waals surface area contributed by atoms with Crippen molar-refractivity contribution in [1.29, 1.82) is 0 Å². The van der Waals surface area contributed by atoms with Crippen LogP contribution in [0.25, 0.3) is 0 Å². The van der Waals surface area contributed by atoms with Crippen LogP contribution in [-0.4, -0.2) is 22.2 Å². The fourth-order valence-electron chi connectivity index (χ4n) is 2.95. The standard InChI is InChI=1S/C19H15Cl.C7H15F3O3SSi/c20-19(16-10-4-1-5-11-16,17-12-6-2-7-13-17)18-14-8-3-9-15-18;1-6(2,3)15(4,5)13-14(11,12)7(8,9)10/h1-15H;1-5H3. The fraction of sp³-hybridized carbons (Fsp3) is 0.308. The maximum absolute atomic E-state index is 12.1. The molecule has 190 valence electrons.